The number of aliphatic hydroxyl groups excluding tert-OH is 5. The van der Waals surface area contributed by atoms with Crippen LogP contribution in [0.4, 0.5) is 11.4 Å². The lowest BCUT2D eigenvalue weighted by Crippen LogP contribution is -2.60. The van der Waals surface area contributed by atoms with Crippen molar-refractivity contribution in [1.82, 2.24) is 4.90 Å². The molecule has 50 heavy (non-hydrogen) atoms. The van der Waals surface area contributed by atoms with Gasteiger partial charge >= 0.3 is 5.97 Å². The number of methoxy groups -OCH3 is 1. The first kappa shape index (κ1) is 38.6. The average molecular weight is 700 g/mol. The molecule has 2 aromatic carbocycles. The SMILES string of the molecule is COC(=O)CCCCN1C(=O)[C@@](O)([C@@H](C)/C=C/CC(=O)N(CCO)Cc2ccccc2)c2cc(NC(=O)[C@H]3O[C@@H](O)[C@H](O)[C@@H](O)[C@@H]3O)ccc21. The van der Waals surface area contributed by atoms with Crippen molar-refractivity contribution in [3.63, 3.8) is 0 Å². The van der Waals surface area contributed by atoms with Crippen LogP contribution in [-0.2, 0) is 40.8 Å². The summed E-state index contributed by atoms with van der Waals surface area (Å²) < 4.78 is 9.70. The fourth-order valence-electron chi connectivity index (χ4n) is 6.04. The number of anilines is 2. The molecule has 15 heteroatoms. The molecule has 0 spiro atoms. The Balaban J connectivity index is 1.56. The predicted molar refractivity (Wildman–Crippen MR) is 178 cm³/mol. The number of hydrogen-bond acceptors (Lipinski definition) is 12. The summed E-state index contributed by atoms with van der Waals surface area (Å²) in [6.07, 6.45) is -5.27. The largest absolute Gasteiger partial charge is 0.469 e. The first-order chi connectivity index (χ1) is 23.8. The highest BCUT2D eigenvalue weighted by Gasteiger charge is 2.53. The van der Waals surface area contributed by atoms with Crippen LogP contribution in [0.3, 0.4) is 0 Å². The number of benzene rings is 2. The number of nitrogens with one attached hydrogen (secondary N) is 1. The number of carbonyl (C=O) groups is 4. The first-order valence-corrected chi connectivity index (χ1v) is 16.4. The van der Waals surface area contributed by atoms with Gasteiger partial charge in [0.25, 0.3) is 11.8 Å². The molecule has 2 heterocycles. The van der Waals surface area contributed by atoms with E-state index in [0.717, 1.165) is 5.56 Å². The Hall–Kier alpha value is -4.22. The van der Waals surface area contributed by atoms with Gasteiger partial charge in [0.15, 0.2) is 18.0 Å². The standard InChI is InChI=1S/C35H45N3O12/c1-21(9-8-12-26(40)37(17-18-39)20-22-10-4-3-5-11-22)35(48)24-19-23(36-32(45)31-29(43)28(42)30(44)33(46)50-31)14-15-25(24)38(34(35)47)16-7-6-13-27(41)49-2/h3-5,8-11,14-15,19,21,28-31,33,39,42-44,46,48H,6-7,12-13,16-18,20H2,1-2H3,(H,36,45)/b9-8+/t21-,28-,29-,30+,31-,33+,35+/m0/s1. The second-order valence-electron chi connectivity index (χ2n) is 12.3. The predicted octanol–water partition coefficient (Wildman–Crippen LogP) is -0.0940. The van der Waals surface area contributed by atoms with Crippen molar-refractivity contribution in [3.8, 4) is 0 Å². The third-order valence-corrected chi connectivity index (χ3v) is 8.94. The van der Waals surface area contributed by atoms with E-state index in [1.54, 1.807) is 19.1 Å². The molecule has 1 saturated heterocycles. The maximum absolute atomic E-state index is 14.0. The molecular formula is C35H45N3O12. The topological polar surface area (TPSA) is 227 Å². The number of ether oxygens (including phenoxy) is 2. The Bertz CT molecular complexity index is 1540. The molecule has 1 fully saturated rings. The van der Waals surface area contributed by atoms with E-state index in [-0.39, 0.29) is 49.7 Å². The Morgan fingerprint density at radius 1 is 1.06 bits per heavy atom. The van der Waals surface area contributed by atoms with E-state index < -0.39 is 60.0 Å². The highest BCUT2D eigenvalue weighted by molar-refractivity contribution is 6.08. The van der Waals surface area contributed by atoms with Crippen LogP contribution in [0.2, 0.25) is 0 Å². The normalized spacial score (nSPS) is 25.3. The van der Waals surface area contributed by atoms with Crippen molar-refractivity contribution in [2.45, 2.75) is 75.5 Å². The van der Waals surface area contributed by atoms with Gasteiger partial charge in [0.05, 0.1) is 19.4 Å². The zero-order valence-electron chi connectivity index (χ0n) is 27.9. The fraction of sp³-hybridized carbons (Fsp3) is 0.486. The third-order valence-electron chi connectivity index (χ3n) is 8.94. The van der Waals surface area contributed by atoms with E-state index in [2.05, 4.69) is 10.1 Å². The Kier molecular flexibility index (Phi) is 13.2. The van der Waals surface area contributed by atoms with Crippen LogP contribution in [-0.4, -0.2) is 117 Å². The zero-order valence-corrected chi connectivity index (χ0v) is 27.9. The molecule has 2 aliphatic heterocycles. The maximum atomic E-state index is 14.0. The molecule has 15 nitrogen and oxygen atoms in total. The molecule has 3 amide bonds. The third kappa shape index (κ3) is 8.55. The number of aliphatic hydroxyl groups is 6. The van der Waals surface area contributed by atoms with Gasteiger partial charge in [-0.25, -0.2) is 0 Å². The van der Waals surface area contributed by atoms with E-state index in [0.29, 0.717) is 25.1 Å². The van der Waals surface area contributed by atoms with Gasteiger partial charge in [-0.05, 0) is 36.6 Å². The molecule has 2 aliphatic rings. The second-order valence-corrected chi connectivity index (χ2v) is 12.3. The molecule has 0 aliphatic carbocycles. The number of hydrogen-bond donors (Lipinski definition) is 7. The number of fused-ring (bicyclic) bond motifs is 1. The maximum Gasteiger partial charge on any atom is 0.305 e. The van der Waals surface area contributed by atoms with Crippen LogP contribution in [0, 0.1) is 5.92 Å². The van der Waals surface area contributed by atoms with Crippen molar-refractivity contribution >= 4 is 35.1 Å². The molecule has 4 rings (SSSR count). The summed E-state index contributed by atoms with van der Waals surface area (Å²) in [7, 11) is 1.28. The number of nitrogens with zero attached hydrogens (tertiary/aromatic N) is 2. The minimum absolute atomic E-state index is 0.0717. The average Bonchev–Trinajstić information content (AvgIpc) is 3.32. The summed E-state index contributed by atoms with van der Waals surface area (Å²) in [5.74, 6) is -3.18. The van der Waals surface area contributed by atoms with Crippen LogP contribution in [0.1, 0.15) is 43.7 Å². The summed E-state index contributed by atoms with van der Waals surface area (Å²) in [5.41, 5.74) is -0.680. The number of carbonyl (C=O) groups excluding carboxylic acids is 4. The Morgan fingerprint density at radius 2 is 1.78 bits per heavy atom. The molecule has 272 valence electrons. The first-order valence-electron chi connectivity index (χ1n) is 16.4. The number of esters is 1. The zero-order chi connectivity index (χ0) is 36.6. The van der Waals surface area contributed by atoms with E-state index in [4.69, 9.17) is 4.74 Å². The summed E-state index contributed by atoms with van der Waals surface area (Å²) >= 11 is 0. The summed E-state index contributed by atoms with van der Waals surface area (Å²) in [6, 6.07) is 13.6. The van der Waals surface area contributed by atoms with Gasteiger partial charge in [-0.1, -0.05) is 49.4 Å². The van der Waals surface area contributed by atoms with Crippen LogP contribution in [0.5, 0.6) is 0 Å². The van der Waals surface area contributed by atoms with Gasteiger partial charge in [0.1, 0.15) is 18.3 Å². The lowest BCUT2D eigenvalue weighted by Gasteiger charge is -2.37. The minimum Gasteiger partial charge on any atom is -0.469 e. The Morgan fingerprint density at radius 3 is 2.46 bits per heavy atom. The molecule has 7 atom stereocenters. The minimum atomic E-state index is -2.15. The van der Waals surface area contributed by atoms with Crippen LogP contribution < -0.4 is 10.2 Å². The van der Waals surface area contributed by atoms with Crippen LogP contribution in [0.15, 0.2) is 60.7 Å². The molecule has 0 saturated carbocycles. The van der Waals surface area contributed by atoms with Gasteiger partial charge < -0.3 is 55.2 Å². The van der Waals surface area contributed by atoms with E-state index in [1.807, 2.05) is 30.3 Å². The number of rotatable bonds is 15. The van der Waals surface area contributed by atoms with Gasteiger partial charge in [0, 0.05) is 49.6 Å². The van der Waals surface area contributed by atoms with E-state index >= 15 is 0 Å². The lowest BCUT2D eigenvalue weighted by atomic mass is 9.82. The van der Waals surface area contributed by atoms with Crippen molar-refractivity contribution in [1.29, 1.82) is 0 Å². The van der Waals surface area contributed by atoms with E-state index in [1.165, 1.54) is 35.1 Å². The van der Waals surface area contributed by atoms with Crippen molar-refractivity contribution < 1.29 is 59.3 Å². The molecule has 0 aromatic heterocycles. The van der Waals surface area contributed by atoms with Gasteiger partial charge in [-0.3, -0.25) is 19.2 Å². The summed E-state index contributed by atoms with van der Waals surface area (Å²) in [5, 5.41) is 64.1. The van der Waals surface area contributed by atoms with Gasteiger partial charge in [0.2, 0.25) is 5.91 Å². The molecule has 0 radical (unpaired) electrons. The molecular weight excluding hydrogens is 654 g/mol. The Labute approximate surface area is 289 Å². The molecule has 0 unspecified atom stereocenters. The van der Waals surface area contributed by atoms with Crippen molar-refractivity contribution in [2.75, 3.05) is 37.0 Å². The van der Waals surface area contributed by atoms with Gasteiger partial charge in [-0.15, -0.1) is 0 Å². The number of unbranched alkanes of at least 4 members (excludes halogenated alkanes) is 1. The van der Waals surface area contributed by atoms with Crippen LogP contribution >= 0.6 is 0 Å². The fourth-order valence-corrected chi connectivity index (χ4v) is 6.04. The molecule has 2 aromatic rings. The molecule has 7 N–H and O–H groups in total. The smallest absolute Gasteiger partial charge is 0.305 e. The summed E-state index contributed by atoms with van der Waals surface area (Å²) in [6.45, 7) is 1.94. The van der Waals surface area contributed by atoms with Gasteiger partial charge in [-0.2, -0.15) is 0 Å². The van der Waals surface area contributed by atoms with Crippen molar-refractivity contribution in [2.24, 2.45) is 5.92 Å². The summed E-state index contributed by atoms with van der Waals surface area (Å²) in [4.78, 5) is 54.6. The van der Waals surface area contributed by atoms with E-state index in [9.17, 15) is 49.8 Å². The highest BCUT2D eigenvalue weighted by atomic mass is 16.6. The van der Waals surface area contributed by atoms with Crippen molar-refractivity contribution in [3.05, 3.63) is 71.8 Å². The monoisotopic (exact) mass is 699 g/mol. The number of amides is 3. The highest BCUT2D eigenvalue weighted by Crippen LogP contribution is 2.46. The van der Waals surface area contributed by atoms with Crippen LogP contribution in [0.25, 0.3) is 0 Å². The second kappa shape index (κ2) is 17.1. The lowest BCUT2D eigenvalue weighted by molar-refractivity contribution is -0.274. The quantitative estimate of drug-likeness (QED) is 0.0736. The molecule has 0 bridgehead atoms.